The number of carboxylic acids is 1. The molecule has 0 aromatic carbocycles. The topological polar surface area (TPSA) is 183 Å². The lowest BCUT2D eigenvalue weighted by Crippen LogP contribution is -2.71. The number of thioether (sulfide) groups is 1. The van der Waals surface area contributed by atoms with E-state index in [1.807, 2.05) is 0 Å². The van der Waals surface area contributed by atoms with Crippen molar-refractivity contribution in [1.82, 2.24) is 15.2 Å². The van der Waals surface area contributed by atoms with Crippen molar-refractivity contribution < 1.29 is 38.6 Å². The third-order valence-electron chi connectivity index (χ3n) is 4.82. The van der Waals surface area contributed by atoms with Gasteiger partial charge in [-0.1, -0.05) is 12.1 Å². The number of carboxylic acid groups (broad SMARTS) is 1. The Kier molecular flexibility index (Phi) is 8.86. The number of aromatic nitrogens is 1. The van der Waals surface area contributed by atoms with Crippen molar-refractivity contribution in [2.24, 2.45) is 5.16 Å². The van der Waals surface area contributed by atoms with Crippen molar-refractivity contribution in [3.8, 4) is 0 Å². The molecule has 0 saturated carbocycles. The van der Waals surface area contributed by atoms with E-state index in [2.05, 4.69) is 15.5 Å². The summed E-state index contributed by atoms with van der Waals surface area (Å²) in [7, 11) is 0. The molecule has 1 fully saturated rings. The number of β-lactam (4-membered cyclic amide) rings is 1. The van der Waals surface area contributed by atoms with Gasteiger partial charge >= 0.3 is 11.9 Å². The summed E-state index contributed by atoms with van der Waals surface area (Å²) in [5.74, 6) is -2.47. The molecule has 0 radical (unpaired) electrons. The highest BCUT2D eigenvalue weighted by Crippen LogP contribution is 2.41. The van der Waals surface area contributed by atoms with Gasteiger partial charge in [-0.3, -0.25) is 19.3 Å². The van der Waals surface area contributed by atoms with Gasteiger partial charge in [-0.15, -0.1) is 23.1 Å². The summed E-state index contributed by atoms with van der Waals surface area (Å²) in [6.07, 6.45) is -0.771. The Labute approximate surface area is 219 Å². The summed E-state index contributed by atoms with van der Waals surface area (Å²) in [5, 5.41) is 16.1. The van der Waals surface area contributed by atoms with E-state index in [1.54, 1.807) is 13.8 Å². The van der Waals surface area contributed by atoms with Gasteiger partial charge in [-0.05, 0) is 24.7 Å². The van der Waals surface area contributed by atoms with Crippen molar-refractivity contribution in [1.29, 1.82) is 0 Å². The van der Waals surface area contributed by atoms with Crippen LogP contribution in [-0.2, 0) is 33.5 Å². The van der Waals surface area contributed by atoms with Crippen molar-refractivity contribution in [3.05, 3.63) is 22.3 Å². The van der Waals surface area contributed by atoms with E-state index in [0.717, 1.165) is 16.9 Å². The fourth-order valence-corrected chi connectivity index (χ4v) is 5.47. The number of amides is 2. The first-order valence-electron chi connectivity index (χ1n) is 10.5. The van der Waals surface area contributed by atoms with Crippen LogP contribution >= 0.6 is 35.3 Å². The maximum atomic E-state index is 13.0. The minimum Gasteiger partial charge on any atom is -0.479 e. The van der Waals surface area contributed by atoms with Gasteiger partial charge in [0.25, 0.3) is 11.8 Å². The van der Waals surface area contributed by atoms with E-state index in [0.29, 0.717) is 11.4 Å². The molecule has 2 amide bonds. The summed E-state index contributed by atoms with van der Waals surface area (Å²) >= 11 is 7.83. The van der Waals surface area contributed by atoms with Crippen molar-refractivity contribution >= 4 is 75.0 Å². The normalized spacial score (nSPS) is 20.1. The minimum atomic E-state index is -1.29. The number of anilines is 1. The Bertz CT molecular complexity index is 1150. The third-order valence-corrected chi connectivity index (χ3v) is 7.21. The van der Waals surface area contributed by atoms with E-state index in [1.165, 1.54) is 29.0 Å². The number of esters is 1. The van der Waals surface area contributed by atoms with Crippen LogP contribution < -0.4 is 11.1 Å². The highest BCUT2D eigenvalue weighted by Gasteiger charge is 2.53. The number of ether oxygens (including phenoxy) is 2. The van der Waals surface area contributed by atoms with Crippen LogP contribution in [0.15, 0.2) is 21.8 Å². The second-order valence-electron chi connectivity index (χ2n) is 7.48. The van der Waals surface area contributed by atoms with Gasteiger partial charge in [-0.2, -0.15) is 0 Å². The molecule has 4 N–H and O–H groups in total. The average Bonchev–Trinajstić information content (AvgIpc) is 3.25. The summed E-state index contributed by atoms with van der Waals surface area (Å²) < 4.78 is 10.6. The van der Waals surface area contributed by atoms with Crippen LogP contribution in [0, 0.1) is 0 Å². The minimum absolute atomic E-state index is 0.00500. The molecule has 2 aliphatic rings. The van der Waals surface area contributed by atoms with Crippen molar-refractivity contribution in [2.45, 2.75) is 44.9 Å². The molecule has 0 spiro atoms. The quantitative estimate of drug-likeness (QED) is 0.0922. The number of rotatable bonds is 10. The molecule has 36 heavy (non-hydrogen) atoms. The van der Waals surface area contributed by atoms with Gasteiger partial charge in [-0.25, -0.2) is 9.78 Å². The molecule has 13 nitrogen and oxygen atoms in total. The SMILES string of the molecule is CCC(=O)OC(C)OC(=S)C1=C(C)CS[C@@H]2C(NC(=O)C(=NOCC(=O)O)c3csc(N)n3)C(=O)N12. The van der Waals surface area contributed by atoms with E-state index in [-0.39, 0.29) is 28.0 Å². The molecule has 0 bridgehead atoms. The van der Waals surface area contributed by atoms with Crippen molar-refractivity contribution in [2.75, 3.05) is 18.1 Å². The predicted molar refractivity (Wildman–Crippen MR) is 134 cm³/mol. The number of carbonyl (C=O) groups excluding carboxylic acids is 3. The third kappa shape index (κ3) is 6.11. The first-order chi connectivity index (χ1) is 17.0. The zero-order valence-corrected chi connectivity index (χ0v) is 21.8. The molecule has 0 aliphatic carbocycles. The summed E-state index contributed by atoms with van der Waals surface area (Å²) in [4.78, 5) is 58.4. The van der Waals surface area contributed by atoms with Crippen LogP contribution in [0.1, 0.15) is 32.9 Å². The average molecular weight is 558 g/mol. The van der Waals surface area contributed by atoms with Crippen LogP contribution in [0.4, 0.5) is 5.13 Å². The molecule has 3 heterocycles. The number of thiazole rings is 1. The van der Waals surface area contributed by atoms with Crippen LogP contribution in [0.25, 0.3) is 0 Å². The van der Waals surface area contributed by atoms with Gasteiger partial charge in [0.05, 0.1) is 5.70 Å². The number of hydrogen-bond acceptors (Lipinski definition) is 13. The monoisotopic (exact) mass is 557 g/mol. The summed E-state index contributed by atoms with van der Waals surface area (Å²) in [6, 6.07) is -0.926. The number of nitrogens with one attached hydrogen (secondary N) is 1. The first-order valence-corrected chi connectivity index (χ1v) is 12.9. The maximum absolute atomic E-state index is 13.0. The molecule has 3 rings (SSSR count). The molecule has 1 aromatic rings. The second-order valence-corrected chi connectivity index (χ2v) is 9.85. The molecule has 1 aromatic heterocycles. The Balaban J connectivity index is 1.72. The second kappa shape index (κ2) is 11.7. The largest absolute Gasteiger partial charge is 0.479 e. The highest BCUT2D eigenvalue weighted by atomic mass is 32.2. The fraction of sp³-hybridized carbons (Fsp3) is 0.450. The standard InChI is InChI=1S/C20H23N5O8S3/c1-4-12(28)32-9(3)33-19(34)15-8(2)6-35-18-14(17(30)25(15)18)23-16(29)13(24-31-5-11(26)27)10-7-36-20(21)22-10/h7,9,14,18H,4-6H2,1-3H3,(H2,21,22)(H,23,29)(H,26,27)/t9?,14?,18-/m1/s1. The Morgan fingerprint density at radius 1 is 1.42 bits per heavy atom. The van der Waals surface area contributed by atoms with E-state index >= 15 is 0 Å². The number of thiocarbonyl (C=S) groups is 1. The summed E-state index contributed by atoms with van der Waals surface area (Å²) in [6.45, 7) is 4.19. The smallest absolute Gasteiger partial charge is 0.344 e. The van der Waals surface area contributed by atoms with E-state index in [9.17, 15) is 19.2 Å². The number of fused-ring (bicyclic) bond motifs is 1. The van der Waals surface area contributed by atoms with Crippen LogP contribution in [0.2, 0.25) is 0 Å². The summed E-state index contributed by atoms with van der Waals surface area (Å²) in [5.41, 5.74) is 6.55. The molecule has 2 aliphatic heterocycles. The molecule has 1 saturated heterocycles. The van der Waals surface area contributed by atoms with Crippen LogP contribution in [0.3, 0.4) is 0 Å². The number of nitrogens with two attached hydrogens (primary N) is 1. The highest BCUT2D eigenvalue weighted by molar-refractivity contribution is 8.00. The number of nitrogen functional groups attached to an aromatic ring is 1. The fourth-order valence-electron chi connectivity index (χ4n) is 3.22. The molecule has 16 heteroatoms. The Hall–Kier alpha value is -3.24. The van der Waals surface area contributed by atoms with Crippen molar-refractivity contribution in [3.63, 3.8) is 0 Å². The van der Waals surface area contributed by atoms with Gasteiger partial charge < -0.3 is 30.5 Å². The molecular formula is C20H23N5O8S3. The molecular weight excluding hydrogens is 534 g/mol. The maximum Gasteiger partial charge on any atom is 0.344 e. The molecule has 2 unspecified atom stereocenters. The first kappa shape index (κ1) is 27.3. The van der Waals surface area contributed by atoms with Crippen LogP contribution in [0.5, 0.6) is 0 Å². The van der Waals surface area contributed by atoms with Gasteiger partial charge in [0.15, 0.2) is 10.8 Å². The number of aliphatic carboxylic acids is 1. The Morgan fingerprint density at radius 2 is 2.14 bits per heavy atom. The lowest BCUT2D eigenvalue weighted by molar-refractivity contribution is -0.162. The lowest BCUT2D eigenvalue weighted by atomic mass is 10.0. The zero-order chi connectivity index (χ0) is 26.6. The Morgan fingerprint density at radius 3 is 2.75 bits per heavy atom. The van der Waals surface area contributed by atoms with Gasteiger partial charge in [0, 0.05) is 24.5 Å². The lowest BCUT2D eigenvalue weighted by Gasteiger charge is -2.50. The number of nitrogens with zero attached hydrogens (tertiary/aromatic N) is 3. The van der Waals surface area contributed by atoms with Crippen LogP contribution in [-0.4, -0.2) is 79.6 Å². The zero-order valence-electron chi connectivity index (χ0n) is 19.4. The van der Waals surface area contributed by atoms with Gasteiger partial charge in [0.1, 0.15) is 17.1 Å². The van der Waals surface area contributed by atoms with E-state index < -0.39 is 48.1 Å². The predicted octanol–water partition coefficient (Wildman–Crippen LogP) is 0.848. The van der Waals surface area contributed by atoms with Gasteiger partial charge in [0.2, 0.25) is 17.9 Å². The number of hydrogen-bond donors (Lipinski definition) is 3. The molecule has 3 atom stereocenters. The number of oxime groups is 1. The number of carbonyl (C=O) groups is 4. The van der Waals surface area contributed by atoms with E-state index in [4.69, 9.17) is 37.4 Å². The molecule has 194 valence electrons.